The van der Waals surface area contributed by atoms with Crippen LogP contribution in [0.2, 0.25) is 0 Å². The Morgan fingerprint density at radius 1 is 0.714 bits per heavy atom. The molecule has 3 nitrogen and oxygen atoms in total. The number of hydrogen-bond donors (Lipinski definition) is 0. The lowest BCUT2D eigenvalue weighted by atomic mass is 9.81. The molecule has 0 atom stereocenters. The molecule has 0 spiro atoms. The molecule has 3 aromatic rings. The van der Waals surface area contributed by atoms with Crippen LogP contribution in [0.25, 0.3) is 10.8 Å². The summed E-state index contributed by atoms with van der Waals surface area (Å²) >= 11 is 0. The fourth-order valence-corrected chi connectivity index (χ4v) is 5.15. The highest BCUT2D eigenvalue weighted by molar-refractivity contribution is 5.92. The molecular weight excluding hydrogens is 342 g/mol. The zero-order chi connectivity index (χ0) is 18.8. The zero-order valence-corrected chi connectivity index (χ0v) is 16.5. The van der Waals surface area contributed by atoms with Gasteiger partial charge in [-0.05, 0) is 48.6 Å². The number of anilines is 1. The summed E-state index contributed by atoms with van der Waals surface area (Å²) < 4.78 is 0. The van der Waals surface area contributed by atoms with Crippen LogP contribution in [0.15, 0.2) is 66.9 Å². The molecule has 1 aliphatic heterocycles. The first-order valence-electron chi connectivity index (χ1n) is 10.8. The van der Waals surface area contributed by atoms with E-state index in [0.29, 0.717) is 0 Å². The van der Waals surface area contributed by atoms with Crippen molar-refractivity contribution >= 4 is 16.6 Å². The van der Waals surface area contributed by atoms with E-state index in [-0.39, 0.29) is 0 Å². The van der Waals surface area contributed by atoms with Crippen molar-refractivity contribution in [1.29, 1.82) is 0 Å². The summed E-state index contributed by atoms with van der Waals surface area (Å²) in [7, 11) is 0. The van der Waals surface area contributed by atoms with Gasteiger partial charge in [0.15, 0.2) is 0 Å². The Bertz CT molecular complexity index is 902. The Balaban J connectivity index is 1.20. The summed E-state index contributed by atoms with van der Waals surface area (Å²) in [5, 5.41) is 2.57. The molecule has 5 rings (SSSR count). The summed E-state index contributed by atoms with van der Waals surface area (Å²) in [5.74, 6) is 1.92. The van der Waals surface area contributed by atoms with Gasteiger partial charge in [0.05, 0.1) is 0 Å². The van der Waals surface area contributed by atoms with Gasteiger partial charge in [-0.3, -0.25) is 4.90 Å². The van der Waals surface area contributed by atoms with Crippen molar-refractivity contribution in [2.45, 2.75) is 37.6 Å². The number of nitrogens with zero attached hydrogens (tertiary/aromatic N) is 3. The minimum absolute atomic E-state index is 0.763. The van der Waals surface area contributed by atoms with Crippen LogP contribution >= 0.6 is 0 Å². The Labute approximate surface area is 168 Å². The van der Waals surface area contributed by atoms with Crippen molar-refractivity contribution < 1.29 is 0 Å². The average Bonchev–Trinajstić information content (AvgIpc) is 2.80. The van der Waals surface area contributed by atoms with Crippen molar-refractivity contribution in [1.82, 2.24) is 9.88 Å². The molecule has 1 saturated carbocycles. The highest BCUT2D eigenvalue weighted by atomic mass is 15.3. The maximum Gasteiger partial charge on any atom is 0.136 e. The van der Waals surface area contributed by atoms with E-state index in [4.69, 9.17) is 4.98 Å². The van der Waals surface area contributed by atoms with Gasteiger partial charge in [0.25, 0.3) is 0 Å². The van der Waals surface area contributed by atoms with Crippen LogP contribution in [0.4, 0.5) is 5.82 Å². The summed E-state index contributed by atoms with van der Waals surface area (Å²) in [6, 6.07) is 22.6. The molecular formula is C25H29N3. The molecule has 28 heavy (non-hydrogen) atoms. The predicted octanol–water partition coefficient (Wildman–Crippen LogP) is 5.08. The van der Waals surface area contributed by atoms with E-state index in [0.717, 1.165) is 44.0 Å². The third-order valence-electron chi connectivity index (χ3n) is 6.75. The number of aromatic nitrogens is 1. The van der Waals surface area contributed by atoms with E-state index in [1.807, 2.05) is 6.20 Å². The van der Waals surface area contributed by atoms with Crippen molar-refractivity contribution in [3.05, 3.63) is 72.4 Å². The molecule has 1 aromatic heterocycles. The third kappa shape index (κ3) is 3.51. The monoisotopic (exact) mass is 371 g/mol. The molecule has 3 heteroatoms. The molecule has 0 N–H and O–H groups in total. The van der Waals surface area contributed by atoms with Crippen molar-refractivity contribution in [3.8, 4) is 0 Å². The number of rotatable bonds is 3. The average molecular weight is 372 g/mol. The first kappa shape index (κ1) is 17.7. The van der Waals surface area contributed by atoms with Crippen molar-refractivity contribution in [3.63, 3.8) is 0 Å². The highest BCUT2D eigenvalue weighted by Crippen LogP contribution is 2.35. The highest BCUT2D eigenvalue weighted by Gasteiger charge is 2.29. The van der Waals surface area contributed by atoms with Gasteiger partial charge in [0, 0.05) is 43.8 Å². The largest absolute Gasteiger partial charge is 0.354 e. The van der Waals surface area contributed by atoms with Crippen molar-refractivity contribution in [2.75, 3.05) is 31.1 Å². The summed E-state index contributed by atoms with van der Waals surface area (Å²) in [5.41, 5.74) is 1.53. The molecule has 2 aliphatic rings. The van der Waals surface area contributed by atoms with E-state index in [1.165, 1.54) is 42.0 Å². The molecule has 2 fully saturated rings. The number of piperazine rings is 1. The number of hydrogen-bond acceptors (Lipinski definition) is 3. The lowest BCUT2D eigenvalue weighted by Gasteiger charge is -2.42. The number of benzene rings is 2. The maximum absolute atomic E-state index is 4.72. The van der Waals surface area contributed by atoms with Crippen LogP contribution in [0.3, 0.4) is 0 Å². The van der Waals surface area contributed by atoms with Gasteiger partial charge >= 0.3 is 0 Å². The van der Waals surface area contributed by atoms with Crippen LogP contribution in [-0.4, -0.2) is 42.1 Å². The smallest absolute Gasteiger partial charge is 0.136 e. The molecule has 0 unspecified atom stereocenters. The SMILES string of the molecule is c1ccc(C2CCC(N3CCN(c4nccc5ccccc45)CC3)CC2)cc1. The minimum Gasteiger partial charge on any atom is -0.354 e. The third-order valence-corrected chi connectivity index (χ3v) is 6.75. The standard InChI is InChI=1S/C25H29N3/c1-2-6-20(7-3-1)21-10-12-23(13-11-21)27-16-18-28(19-17-27)25-24-9-5-4-8-22(24)14-15-26-25/h1-9,14-15,21,23H,10-13,16-19H2. The molecule has 1 saturated heterocycles. The van der Waals surface area contributed by atoms with Gasteiger partial charge in [-0.25, -0.2) is 4.98 Å². The summed E-state index contributed by atoms with van der Waals surface area (Å²) in [4.78, 5) is 9.94. The van der Waals surface area contributed by atoms with E-state index in [1.54, 1.807) is 0 Å². The molecule has 0 bridgehead atoms. The number of fused-ring (bicyclic) bond motifs is 1. The van der Waals surface area contributed by atoms with Gasteiger partial charge in [0.1, 0.15) is 5.82 Å². The molecule has 144 valence electrons. The predicted molar refractivity (Wildman–Crippen MR) is 117 cm³/mol. The van der Waals surface area contributed by atoms with E-state index < -0.39 is 0 Å². The van der Waals surface area contributed by atoms with Gasteiger partial charge in [0.2, 0.25) is 0 Å². The lowest BCUT2D eigenvalue weighted by Crippen LogP contribution is -2.51. The Hall–Kier alpha value is -2.39. The normalized spacial score (nSPS) is 23.8. The first-order valence-corrected chi connectivity index (χ1v) is 10.8. The van der Waals surface area contributed by atoms with E-state index in [2.05, 4.69) is 70.5 Å². The van der Waals surface area contributed by atoms with Crippen LogP contribution in [0.1, 0.15) is 37.2 Å². The Morgan fingerprint density at radius 3 is 2.21 bits per heavy atom. The second-order valence-corrected chi connectivity index (χ2v) is 8.29. The lowest BCUT2D eigenvalue weighted by molar-refractivity contribution is 0.141. The topological polar surface area (TPSA) is 19.4 Å². The molecule has 0 amide bonds. The molecule has 2 aromatic carbocycles. The van der Waals surface area contributed by atoms with Gasteiger partial charge in [-0.15, -0.1) is 0 Å². The fraction of sp³-hybridized carbons (Fsp3) is 0.400. The fourth-order valence-electron chi connectivity index (χ4n) is 5.15. The zero-order valence-electron chi connectivity index (χ0n) is 16.5. The molecule has 1 aliphatic carbocycles. The summed E-state index contributed by atoms with van der Waals surface area (Å²) in [6.07, 6.45) is 7.30. The quantitative estimate of drug-likeness (QED) is 0.640. The summed E-state index contributed by atoms with van der Waals surface area (Å²) in [6.45, 7) is 4.48. The van der Waals surface area contributed by atoms with E-state index in [9.17, 15) is 0 Å². The second-order valence-electron chi connectivity index (χ2n) is 8.29. The minimum atomic E-state index is 0.763. The van der Waals surface area contributed by atoms with Gasteiger partial charge in [-0.2, -0.15) is 0 Å². The molecule has 2 heterocycles. The molecule has 0 radical (unpaired) electrons. The van der Waals surface area contributed by atoms with E-state index >= 15 is 0 Å². The second kappa shape index (κ2) is 7.92. The van der Waals surface area contributed by atoms with Crippen LogP contribution in [-0.2, 0) is 0 Å². The van der Waals surface area contributed by atoms with Gasteiger partial charge in [-0.1, -0.05) is 54.6 Å². The van der Waals surface area contributed by atoms with Crippen LogP contribution in [0, 0.1) is 0 Å². The van der Waals surface area contributed by atoms with Crippen molar-refractivity contribution in [2.24, 2.45) is 0 Å². The van der Waals surface area contributed by atoms with Crippen LogP contribution in [0.5, 0.6) is 0 Å². The van der Waals surface area contributed by atoms with Gasteiger partial charge < -0.3 is 4.90 Å². The Morgan fingerprint density at radius 2 is 1.43 bits per heavy atom. The number of pyridine rings is 1. The Kier molecular flexibility index (Phi) is 5.01. The maximum atomic E-state index is 4.72. The van der Waals surface area contributed by atoms with Crippen LogP contribution < -0.4 is 4.90 Å². The first-order chi connectivity index (χ1) is 13.9.